The summed E-state index contributed by atoms with van der Waals surface area (Å²) in [7, 11) is 0. The van der Waals surface area contributed by atoms with Crippen LogP contribution in [0.4, 0.5) is 13.2 Å². The van der Waals surface area contributed by atoms with Crippen molar-refractivity contribution < 1.29 is 32.6 Å². The molecule has 2 rings (SSSR count). The summed E-state index contributed by atoms with van der Waals surface area (Å²) < 4.78 is 41.0. The van der Waals surface area contributed by atoms with Crippen molar-refractivity contribution in [3.05, 3.63) is 29.8 Å². The summed E-state index contributed by atoms with van der Waals surface area (Å²) in [4.78, 5) is 22.9. The van der Waals surface area contributed by atoms with Crippen LogP contribution in [0.5, 0.6) is 5.75 Å². The summed E-state index contributed by atoms with van der Waals surface area (Å²) in [5.41, 5.74) is -0.448. The number of halogens is 3. The largest absolute Gasteiger partial charge is 0.573 e. The summed E-state index contributed by atoms with van der Waals surface area (Å²) >= 11 is 0. The maximum Gasteiger partial charge on any atom is 0.573 e. The van der Waals surface area contributed by atoms with Crippen molar-refractivity contribution in [2.24, 2.45) is 0 Å². The van der Waals surface area contributed by atoms with Gasteiger partial charge in [0, 0.05) is 6.42 Å². The first-order valence-electron chi connectivity index (χ1n) is 7.56. The van der Waals surface area contributed by atoms with E-state index in [1.807, 2.05) is 0 Å². The summed E-state index contributed by atoms with van der Waals surface area (Å²) in [6, 6.07) is 5.64. The van der Waals surface area contributed by atoms with Crippen LogP contribution < -0.4 is 10.1 Å². The molecule has 0 spiro atoms. The zero-order valence-electron chi connectivity index (χ0n) is 12.9. The Morgan fingerprint density at radius 1 is 1.25 bits per heavy atom. The number of hydrogen-bond acceptors (Lipinski definition) is 3. The van der Waals surface area contributed by atoms with Crippen molar-refractivity contribution in [1.82, 2.24) is 5.32 Å². The van der Waals surface area contributed by atoms with Crippen LogP contribution in [0.25, 0.3) is 0 Å². The van der Waals surface area contributed by atoms with Crippen LogP contribution in [0, 0.1) is 0 Å². The Kier molecular flexibility index (Phi) is 5.36. The van der Waals surface area contributed by atoms with Crippen LogP contribution in [0.2, 0.25) is 0 Å². The van der Waals surface area contributed by atoms with Gasteiger partial charge < -0.3 is 15.2 Å². The Labute approximate surface area is 136 Å². The number of alkyl halides is 3. The molecular formula is C16H18F3NO4. The minimum atomic E-state index is -4.80. The predicted octanol–water partition coefficient (Wildman–Crippen LogP) is 3.03. The number of carboxylic acids is 1. The smallest absolute Gasteiger partial charge is 0.481 e. The van der Waals surface area contributed by atoms with Crippen LogP contribution in [-0.4, -0.2) is 28.9 Å². The molecule has 5 nitrogen and oxygen atoms in total. The van der Waals surface area contributed by atoms with E-state index < -0.39 is 17.9 Å². The Bertz CT molecular complexity index is 612. The van der Waals surface area contributed by atoms with Crippen LogP contribution in [0.15, 0.2) is 24.3 Å². The highest BCUT2D eigenvalue weighted by Gasteiger charge is 2.40. The molecule has 0 heterocycles. The van der Waals surface area contributed by atoms with Crippen molar-refractivity contribution in [3.8, 4) is 5.75 Å². The molecule has 0 unspecified atom stereocenters. The molecule has 0 aliphatic heterocycles. The highest BCUT2D eigenvalue weighted by atomic mass is 19.4. The summed E-state index contributed by atoms with van der Waals surface area (Å²) in [6.07, 6.45) is -2.88. The van der Waals surface area contributed by atoms with Crippen molar-refractivity contribution in [3.63, 3.8) is 0 Å². The van der Waals surface area contributed by atoms with E-state index in [1.54, 1.807) is 6.07 Å². The van der Waals surface area contributed by atoms with Crippen LogP contribution in [0.3, 0.4) is 0 Å². The number of carbonyl (C=O) groups excluding carboxylic acids is 1. The van der Waals surface area contributed by atoms with Crippen molar-refractivity contribution in [2.45, 2.75) is 50.4 Å². The molecule has 1 aliphatic rings. The van der Waals surface area contributed by atoms with Gasteiger partial charge in [-0.05, 0) is 37.3 Å². The molecule has 1 aromatic rings. The van der Waals surface area contributed by atoms with Crippen molar-refractivity contribution in [1.29, 1.82) is 0 Å². The van der Waals surface area contributed by atoms with E-state index in [0.717, 1.165) is 6.42 Å². The van der Waals surface area contributed by atoms with Gasteiger partial charge in [-0.2, -0.15) is 0 Å². The maximum atomic E-state index is 12.4. The Morgan fingerprint density at radius 3 is 2.46 bits per heavy atom. The molecule has 0 atom stereocenters. The lowest BCUT2D eigenvalue weighted by Gasteiger charge is -2.41. The average Bonchev–Trinajstić information content (AvgIpc) is 2.42. The minimum absolute atomic E-state index is 0.0421. The number of para-hydroxylation sites is 1. The number of amides is 1. The molecule has 0 bridgehead atoms. The second-order valence-corrected chi connectivity index (χ2v) is 5.91. The third-order valence-electron chi connectivity index (χ3n) is 4.02. The first kappa shape index (κ1) is 18.1. The summed E-state index contributed by atoms with van der Waals surface area (Å²) in [5.74, 6) is -1.70. The molecule has 0 radical (unpaired) electrons. The van der Waals surface area contributed by atoms with Gasteiger partial charge in [-0.15, -0.1) is 13.2 Å². The van der Waals surface area contributed by atoms with Gasteiger partial charge in [0.25, 0.3) is 0 Å². The van der Waals surface area contributed by atoms with Gasteiger partial charge in [0.15, 0.2) is 0 Å². The van der Waals surface area contributed by atoms with E-state index in [-0.39, 0.29) is 36.5 Å². The van der Waals surface area contributed by atoms with Gasteiger partial charge in [-0.25, -0.2) is 0 Å². The number of nitrogens with one attached hydrogen (secondary N) is 1. The van der Waals surface area contributed by atoms with Gasteiger partial charge >= 0.3 is 12.3 Å². The fourth-order valence-electron chi connectivity index (χ4n) is 2.78. The molecule has 0 aromatic heterocycles. The molecule has 0 saturated heterocycles. The number of carbonyl (C=O) groups is 2. The lowest BCUT2D eigenvalue weighted by molar-refractivity contribution is -0.274. The normalized spacial score (nSPS) is 16.1. The molecule has 132 valence electrons. The fourth-order valence-corrected chi connectivity index (χ4v) is 2.78. The molecule has 1 aliphatic carbocycles. The molecule has 1 amide bonds. The number of hydrogen-bond donors (Lipinski definition) is 2. The standard InChI is InChI=1S/C16H18F3NO4/c17-16(18,19)24-12-5-2-1-4-11(12)6-7-13(21)20-15(8-3-9-15)10-14(22)23/h1-2,4-5H,3,6-10H2,(H,20,21)(H,22,23). The van der Waals surface area contributed by atoms with Crippen molar-refractivity contribution in [2.75, 3.05) is 0 Å². The van der Waals surface area contributed by atoms with Gasteiger partial charge in [0.1, 0.15) is 5.75 Å². The lowest BCUT2D eigenvalue weighted by atomic mass is 9.74. The maximum absolute atomic E-state index is 12.4. The quantitative estimate of drug-likeness (QED) is 0.796. The zero-order chi connectivity index (χ0) is 17.8. The van der Waals surface area contributed by atoms with E-state index in [9.17, 15) is 22.8 Å². The summed E-state index contributed by atoms with van der Waals surface area (Å²) in [5, 5.41) is 11.6. The predicted molar refractivity (Wildman–Crippen MR) is 78.4 cm³/mol. The Balaban J connectivity index is 1.93. The molecule has 1 saturated carbocycles. The first-order chi connectivity index (χ1) is 11.2. The van der Waals surface area contributed by atoms with E-state index >= 15 is 0 Å². The van der Waals surface area contributed by atoms with Crippen LogP contribution >= 0.6 is 0 Å². The fraction of sp³-hybridized carbons (Fsp3) is 0.500. The van der Waals surface area contributed by atoms with E-state index in [4.69, 9.17) is 5.11 Å². The molecule has 24 heavy (non-hydrogen) atoms. The number of rotatable bonds is 7. The molecular weight excluding hydrogens is 327 g/mol. The van der Waals surface area contributed by atoms with Crippen molar-refractivity contribution >= 4 is 11.9 Å². The third kappa shape index (κ3) is 5.14. The van der Waals surface area contributed by atoms with Crippen LogP contribution in [0.1, 0.15) is 37.7 Å². The molecule has 2 N–H and O–H groups in total. The van der Waals surface area contributed by atoms with E-state index in [1.165, 1.54) is 18.2 Å². The SMILES string of the molecule is O=C(O)CC1(NC(=O)CCc2ccccc2OC(F)(F)F)CCC1. The van der Waals surface area contributed by atoms with E-state index in [0.29, 0.717) is 12.8 Å². The highest BCUT2D eigenvalue weighted by molar-refractivity contribution is 5.79. The number of aliphatic carboxylic acids is 1. The first-order valence-corrected chi connectivity index (χ1v) is 7.56. The number of ether oxygens (including phenoxy) is 1. The Morgan fingerprint density at radius 2 is 1.92 bits per heavy atom. The molecule has 8 heteroatoms. The second-order valence-electron chi connectivity index (χ2n) is 5.91. The Hall–Kier alpha value is -2.25. The van der Waals surface area contributed by atoms with E-state index in [2.05, 4.69) is 10.1 Å². The topological polar surface area (TPSA) is 75.6 Å². The second kappa shape index (κ2) is 7.11. The van der Waals surface area contributed by atoms with Gasteiger partial charge in [0.05, 0.1) is 12.0 Å². The van der Waals surface area contributed by atoms with Gasteiger partial charge in [0.2, 0.25) is 5.91 Å². The van der Waals surface area contributed by atoms with Gasteiger partial charge in [-0.3, -0.25) is 9.59 Å². The summed E-state index contributed by atoms with van der Waals surface area (Å²) in [6.45, 7) is 0. The molecule has 1 aromatic carbocycles. The zero-order valence-corrected chi connectivity index (χ0v) is 12.9. The third-order valence-corrected chi connectivity index (χ3v) is 4.02. The number of carboxylic acid groups (broad SMARTS) is 1. The monoisotopic (exact) mass is 345 g/mol. The molecule has 1 fully saturated rings. The lowest BCUT2D eigenvalue weighted by Crippen LogP contribution is -2.54. The number of aryl methyl sites for hydroxylation is 1. The van der Waals surface area contributed by atoms with Gasteiger partial charge in [-0.1, -0.05) is 18.2 Å². The average molecular weight is 345 g/mol. The minimum Gasteiger partial charge on any atom is -0.481 e. The highest BCUT2D eigenvalue weighted by Crippen LogP contribution is 2.35. The van der Waals surface area contributed by atoms with Crippen LogP contribution in [-0.2, 0) is 16.0 Å². The number of benzene rings is 1.